The van der Waals surface area contributed by atoms with E-state index < -0.39 is 0 Å². The molecule has 0 N–H and O–H groups in total. The molecule has 1 fully saturated rings. The monoisotopic (exact) mass is 236 g/mol. The van der Waals surface area contributed by atoms with E-state index in [-0.39, 0.29) is 5.92 Å². The Morgan fingerprint density at radius 3 is 2.44 bits per heavy atom. The minimum absolute atomic E-state index is 0.109. The van der Waals surface area contributed by atoms with Crippen LogP contribution >= 0.6 is 11.6 Å². The van der Waals surface area contributed by atoms with Crippen LogP contribution < -0.4 is 0 Å². The minimum atomic E-state index is 0.109. The molecule has 0 amide bonds. The van der Waals surface area contributed by atoms with Crippen molar-refractivity contribution in [3.63, 3.8) is 0 Å². The van der Waals surface area contributed by atoms with Gasteiger partial charge in [0.1, 0.15) is 5.78 Å². The number of carbonyl (C=O) groups is 1. The predicted molar refractivity (Wildman–Crippen MR) is 66.9 cm³/mol. The molecule has 2 rings (SSSR count). The summed E-state index contributed by atoms with van der Waals surface area (Å²) in [5.74, 6) is 0.514. The first-order valence-electron chi connectivity index (χ1n) is 6.05. The zero-order chi connectivity index (χ0) is 11.4. The fraction of sp³-hybridized carbons (Fsp3) is 0.500. The molecule has 1 saturated carbocycles. The molecule has 0 bridgehead atoms. The number of Topliss-reactive ketones (excluding diaryl/α,β-unsaturated/α-hetero) is 1. The highest BCUT2D eigenvalue weighted by atomic mass is 35.5. The summed E-state index contributed by atoms with van der Waals surface area (Å²) in [7, 11) is 0. The highest BCUT2D eigenvalue weighted by Crippen LogP contribution is 2.29. The van der Waals surface area contributed by atoms with Crippen molar-refractivity contribution in [3.8, 4) is 0 Å². The lowest BCUT2D eigenvalue weighted by Gasteiger charge is -2.18. The molecule has 2 heteroatoms. The number of ketones is 1. The molecule has 0 radical (unpaired) electrons. The third kappa shape index (κ3) is 2.85. The molecular formula is C14H17ClO. The summed E-state index contributed by atoms with van der Waals surface area (Å²) in [6.45, 7) is 0. The van der Waals surface area contributed by atoms with Crippen molar-refractivity contribution < 1.29 is 4.79 Å². The molecule has 0 aliphatic heterocycles. The third-order valence-corrected chi connectivity index (χ3v) is 3.58. The fourth-order valence-corrected chi connectivity index (χ4v) is 2.51. The number of halogens is 1. The quantitative estimate of drug-likeness (QED) is 0.709. The molecule has 1 unspecified atom stereocenters. The Morgan fingerprint density at radius 1 is 1.00 bits per heavy atom. The molecule has 0 saturated heterocycles. The Kier molecular flexibility index (Phi) is 4.00. The zero-order valence-electron chi connectivity index (χ0n) is 9.42. The lowest BCUT2D eigenvalue weighted by Crippen LogP contribution is -2.14. The maximum Gasteiger partial charge on any atom is 0.140 e. The van der Waals surface area contributed by atoms with Gasteiger partial charge in [-0.15, -0.1) is 0 Å². The van der Waals surface area contributed by atoms with E-state index in [1.54, 1.807) is 0 Å². The minimum Gasteiger partial charge on any atom is -0.299 e. The second-order valence-electron chi connectivity index (χ2n) is 4.52. The van der Waals surface area contributed by atoms with Crippen molar-refractivity contribution in [2.24, 2.45) is 0 Å². The standard InChI is InChI=1S/C14H17ClO/c15-12-9-7-11(8-10-12)13-5-3-1-2-4-6-14(13)16/h7-10,13H,1-6H2. The van der Waals surface area contributed by atoms with Gasteiger partial charge < -0.3 is 0 Å². The van der Waals surface area contributed by atoms with Gasteiger partial charge in [0.15, 0.2) is 0 Å². The van der Waals surface area contributed by atoms with Crippen molar-refractivity contribution >= 4 is 17.4 Å². The molecule has 0 heterocycles. The second kappa shape index (κ2) is 5.49. The van der Waals surface area contributed by atoms with E-state index in [4.69, 9.17) is 11.6 Å². The predicted octanol–water partition coefficient (Wildman–Crippen LogP) is 4.35. The van der Waals surface area contributed by atoms with Gasteiger partial charge in [0.05, 0.1) is 0 Å². The lowest BCUT2D eigenvalue weighted by atomic mass is 9.85. The molecule has 1 nitrogen and oxygen atoms in total. The number of hydrogen-bond acceptors (Lipinski definition) is 1. The first kappa shape index (κ1) is 11.7. The third-order valence-electron chi connectivity index (χ3n) is 3.33. The van der Waals surface area contributed by atoms with Gasteiger partial charge in [-0.2, -0.15) is 0 Å². The maximum absolute atomic E-state index is 12.0. The molecule has 86 valence electrons. The van der Waals surface area contributed by atoms with E-state index in [0.29, 0.717) is 5.78 Å². The van der Waals surface area contributed by atoms with Crippen molar-refractivity contribution in [1.29, 1.82) is 0 Å². The number of rotatable bonds is 1. The van der Waals surface area contributed by atoms with Gasteiger partial charge in [-0.1, -0.05) is 43.0 Å². The summed E-state index contributed by atoms with van der Waals surface area (Å²) < 4.78 is 0. The Balaban J connectivity index is 2.15. The van der Waals surface area contributed by atoms with Crippen LogP contribution in [0.5, 0.6) is 0 Å². The number of hydrogen-bond donors (Lipinski definition) is 0. The van der Waals surface area contributed by atoms with Crippen LogP contribution in [0, 0.1) is 0 Å². The highest BCUT2D eigenvalue weighted by Gasteiger charge is 2.21. The molecule has 0 aromatic heterocycles. The fourth-order valence-electron chi connectivity index (χ4n) is 2.38. The molecule has 1 atom stereocenters. The lowest BCUT2D eigenvalue weighted by molar-refractivity contribution is -0.121. The van der Waals surface area contributed by atoms with Gasteiger partial charge in [0.2, 0.25) is 0 Å². The van der Waals surface area contributed by atoms with Crippen molar-refractivity contribution in [2.45, 2.75) is 44.4 Å². The van der Waals surface area contributed by atoms with Crippen LogP contribution in [0.25, 0.3) is 0 Å². The summed E-state index contributed by atoms with van der Waals surface area (Å²) >= 11 is 5.86. The molecular weight excluding hydrogens is 220 g/mol. The Morgan fingerprint density at radius 2 is 1.69 bits per heavy atom. The summed E-state index contributed by atoms with van der Waals surface area (Å²) in [4.78, 5) is 12.0. The Labute approximate surface area is 102 Å². The van der Waals surface area contributed by atoms with E-state index >= 15 is 0 Å². The smallest absolute Gasteiger partial charge is 0.140 e. The summed E-state index contributed by atoms with van der Waals surface area (Å²) in [5.41, 5.74) is 1.14. The van der Waals surface area contributed by atoms with Crippen molar-refractivity contribution in [3.05, 3.63) is 34.9 Å². The average molecular weight is 237 g/mol. The van der Waals surface area contributed by atoms with Crippen LogP contribution in [0.3, 0.4) is 0 Å². The van der Waals surface area contributed by atoms with E-state index in [2.05, 4.69) is 0 Å². The van der Waals surface area contributed by atoms with E-state index in [1.807, 2.05) is 24.3 Å². The molecule has 0 spiro atoms. The summed E-state index contributed by atoms with van der Waals surface area (Å²) in [6.07, 6.45) is 6.44. The molecule has 1 aromatic carbocycles. The highest BCUT2D eigenvalue weighted by molar-refractivity contribution is 6.30. The SMILES string of the molecule is O=C1CCCCCCC1c1ccc(Cl)cc1. The summed E-state index contributed by atoms with van der Waals surface area (Å²) in [6, 6.07) is 7.74. The van der Waals surface area contributed by atoms with E-state index in [1.165, 1.54) is 19.3 Å². The van der Waals surface area contributed by atoms with Gasteiger partial charge in [0.25, 0.3) is 0 Å². The van der Waals surface area contributed by atoms with Crippen LogP contribution in [-0.4, -0.2) is 5.78 Å². The topological polar surface area (TPSA) is 17.1 Å². The van der Waals surface area contributed by atoms with E-state index in [0.717, 1.165) is 29.8 Å². The normalized spacial score (nSPS) is 22.6. The number of benzene rings is 1. The largest absolute Gasteiger partial charge is 0.299 e. The first-order chi connectivity index (χ1) is 7.77. The molecule has 1 aliphatic rings. The summed E-state index contributed by atoms with van der Waals surface area (Å²) in [5, 5.41) is 0.738. The molecule has 16 heavy (non-hydrogen) atoms. The van der Waals surface area contributed by atoms with Gasteiger partial charge in [-0.25, -0.2) is 0 Å². The number of carbonyl (C=O) groups excluding carboxylic acids is 1. The molecule has 1 aromatic rings. The van der Waals surface area contributed by atoms with Gasteiger partial charge in [0, 0.05) is 17.4 Å². The Bertz CT molecular complexity index is 356. The maximum atomic E-state index is 12.0. The molecule has 1 aliphatic carbocycles. The van der Waals surface area contributed by atoms with Gasteiger partial charge in [-0.05, 0) is 30.5 Å². The van der Waals surface area contributed by atoms with Crippen molar-refractivity contribution in [2.75, 3.05) is 0 Å². The van der Waals surface area contributed by atoms with Crippen LogP contribution in [-0.2, 0) is 4.79 Å². The first-order valence-corrected chi connectivity index (χ1v) is 6.43. The van der Waals surface area contributed by atoms with Crippen LogP contribution in [0.15, 0.2) is 24.3 Å². The van der Waals surface area contributed by atoms with Gasteiger partial charge >= 0.3 is 0 Å². The Hall–Kier alpha value is -0.820. The van der Waals surface area contributed by atoms with Crippen molar-refractivity contribution in [1.82, 2.24) is 0 Å². The van der Waals surface area contributed by atoms with E-state index in [9.17, 15) is 4.79 Å². The zero-order valence-corrected chi connectivity index (χ0v) is 10.2. The van der Waals surface area contributed by atoms with Crippen LogP contribution in [0.2, 0.25) is 5.02 Å². The van der Waals surface area contributed by atoms with Gasteiger partial charge in [-0.3, -0.25) is 4.79 Å². The second-order valence-corrected chi connectivity index (χ2v) is 4.96. The van der Waals surface area contributed by atoms with Crippen LogP contribution in [0.1, 0.15) is 50.0 Å². The van der Waals surface area contributed by atoms with Crippen LogP contribution in [0.4, 0.5) is 0 Å². The average Bonchev–Trinajstić information content (AvgIpc) is 2.26.